The predicted molar refractivity (Wildman–Crippen MR) is 100 cm³/mol. The number of nitrogens with zero attached hydrogens (tertiary/aromatic N) is 4. The number of hydrogen-bond acceptors (Lipinski definition) is 4. The highest BCUT2D eigenvalue weighted by Gasteiger charge is 2.14. The van der Waals surface area contributed by atoms with Crippen molar-refractivity contribution in [3.63, 3.8) is 0 Å². The lowest BCUT2D eigenvalue weighted by molar-refractivity contribution is 0.0689. The van der Waals surface area contributed by atoms with Crippen molar-refractivity contribution in [2.75, 3.05) is 7.11 Å². The first kappa shape index (κ1) is 16.8. The highest BCUT2D eigenvalue weighted by molar-refractivity contribution is 5.85. The zero-order chi connectivity index (χ0) is 19.0. The number of aromatic nitrogens is 4. The second kappa shape index (κ2) is 6.60. The molecule has 0 bridgehead atoms. The van der Waals surface area contributed by atoms with Crippen LogP contribution in [0, 0.1) is 6.92 Å². The molecular weight excluding hydrogens is 344 g/mol. The van der Waals surface area contributed by atoms with Gasteiger partial charge >= 0.3 is 5.97 Å². The molecule has 0 aliphatic rings. The summed E-state index contributed by atoms with van der Waals surface area (Å²) in [6.45, 7) is 2.21. The first-order valence-corrected chi connectivity index (χ1v) is 8.45. The molecule has 0 unspecified atom stereocenters. The smallest absolute Gasteiger partial charge is 0.356 e. The fourth-order valence-electron chi connectivity index (χ4n) is 3.05. The molecule has 4 aromatic rings. The van der Waals surface area contributed by atoms with E-state index in [1.54, 1.807) is 17.9 Å². The maximum absolute atomic E-state index is 11.2. The highest BCUT2D eigenvalue weighted by Crippen LogP contribution is 2.24. The second-order valence-electron chi connectivity index (χ2n) is 6.25. The van der Waals surface area contributed by atoms with E-state index in [4.69, 9.17) is 14.9 Å². The van der Waals surface area contributed by atoms with Gasteiger partial charge < -0.3 is 9.84 Å². The van der Waals surface area contributed by atoms with E-state index in [2.05, 4.69) is 5.10 Å². The minimum absolute atomic E-state index is 0.0251. The summed E-state index contributed by atoms with van der Waals surface area (Å²) >= 11 is 0. The van der Waals surface area contributed by atoms with Crippen molar-refractivity contribution in [1.29, 1.82) is 0 Å². The number of ether oxygens (including phenoxy) is 1. The lowest BCUT2D eigenvalue weighted by Crippen LogP contribution is -2.10. The normalized spacial score (nSPS) is 11.0. The molecule has 0 amide bonds. The first-order chi connectivity index (χ1) is 13.0. The number of benzene rings is 1. The van der Waals surface area contributed by atoms with Crippen LogP contribution in [0.15, 0.2) is 54.6 Å². The first-order valence-electron chi connectivity index (χ1n) is 8.45. The third-order valence-electron chi connectivity index (χ3n) is 4.43. The third-order valence-corrected chi connectivity index (χ3v) is 4.43. The maximum atomic E-state index is 11.2. The number of fused-ring (bicyclic) bond motifs is 1. The number of rotatable bonds is 5. The van der Waals surface area contributed by atoms with Crippen molar-refractivity contribution in [2.45, 2.75) is 13.5 Å². The number of carboxylic acids is 1. The van der Waals surface area contributed by atoms with Crippen LogP contribution in [0.1, 0.15) is 21.9 Å². The van der Waals surface area contributed by atoms with Gasteiger partial charge in [-0.15, -0.1) is 0 Å². The van der Waals surface area contributed by atoms with Gasteiger partial charge in [0.05, 0.1) is 30.6 Å². The van der Waals surface area contributed by atoms with Gasteiger partial charge in [0.1, 0.15) is 5.75 Å². The van der Waals surface area contributed by atoms with E-state index in [0.29, 0.717) is 12.3 Å². The summed E-state index contributed by atoms with van der Waals surface area (Å²) in [4.78, 5) is 11.2. The second-order valence-corrected chi connectivity index (χ2v) is 6.25. The van der Waals surface area contributed by atoms with Crippen molar-refractivity contribution in [3.05, 3.63) is 71.7 Å². The summed E-state index contributed by atoms with van der Waals surface area (Å²) in [5.74, 6) is -0.335. The van der Waals surface area contributed by atoms with E-state index < -0.39 is 5.97 Å². The van der Waals surface area contributed by atoms with Crippen LogP contribution >= 0.6 is 0 Å². The van der Waals surface area contributed by atoms with Gasteiger partial charge in [0, 0.05) is 23.4 Å². The van der Waals surface area contributed by atoms with Gasteiger partial charge in [0.15, 0.2) is 5.69 Å². The Hall–Kier alpha value is -3.61. The zero-order valence-corrected chi connectivity index (χ0v) is 15.0. The summed E-state index contributed by atoms with van der Waals surface area (Å²) in [7, 11) is 1.62. The van der Waals surface area contributed by atoms with Crippen LogP contribution in [-0.4, -0.2) is 37.6 Å². The number of methoxy groups -OCH3 is 1. The number of carboxylic acid groups (broad SMARTS) is 1. The van der Waals surface area contributed by atoms with E-state index in [-0.39, 0.29) is 5.69 Å². The molecular formula is C20H18N4O3. The van der Waals surface area contributed by atoms with Crippen molar-refractivity contribution in [3.8, 4) is 17.0 Å². The summed E-state index contributed by atoms with van der Waals surface area (Å²) in [6.07, 6.45) is 0. The highest BCUT2D eigenvalue weighted by atomic mass is 16.5. The van der Waals surface area contributed by atoms with Crippen LogP contribution in [0.2, 0.25) is 0 Å². The molecule has 3 heterocycles. The molecule has 0 spiro atoms. The van der Waals surface area contributed by atoms with Crippen molar-refractivity contribution in [2.24, 2.45) is 0 Å². The Morgan fingerprint density at radius 1 is 1.11 bits per heavy atom. The number of hydrogen-bond donors (Lipinski definition) is 1. The van der Waals surface area contributed by atoms with Crippen molar-refractivity contribution in [1.82, 2.24) is 19.4 Å². The average Bonchev–Trinajstić information content (AvgIpc) is 3.26. The largest absolute Gasteiger partial charge is 0.497 e. The molecule has 0 saturated carbocycles. The Kier molecular flexibility index (Phi) is 4.12. The summed E-state index contributed by atoms with van der Waals surface area (Å²) in [5.41, 5.74) is 4.40. The van der Waals surface area contributed by atoms with Crippen molar-refractivity contribution < 1.29 is 14.6 Å². The number of aromatic carboxylic acids is 1. The number of aryl methyl sites for hydroxylation is 1. The SMILES string of the molecule is COc1cc(Cn2nc(C(=O)O)cc2C)n2nc(-c3ccccc3)cc2c1. The number of pyridine rings is 1. The van der Waals surface area contributed by atoms with Gasteiger partial charge in [0.2, 0.25) is 0 Å². The Morgan fingerprint density at radius 3 is 2.56 bits per heavy atom. The maximum Gasteiger partial charge on any atom is 0.356 e. The van der Waals surface area contributed by atoms with E-state index in [0.717, 1.165) is 28.2 Å². The molecule has 3 aromatic heterocycles. The molecule has 7 heteroatoms. The third kappa shape index (κ3) is 3.15. The molecule has 0 aliphatic heterocycles. The van der Waals surface area contributed by atoms with Gasteiger partial charge in [-0.25, -0.2) is 9.31 Å². The Labute approximate surface area is 155 Å². The molecule has 0 radical (unpaired) electrons. The molecule has 4 rings (SSSR count). The lowest BCUT2D eigenvalue weighted by atomic mass is 10.1. The van der Waals surface area contributed by atoms with Gasteiger partial charge in [-0.1, -0.05) is 30.3 Å². The number of carbonyl (C=O) groups is 1. The molecule has 0 atom stereocenters. The fraction of sp³-hybridized carbons (Fsp3) is 0.150. The predicted octanol–water partition coefficient (Wildman–Crippen LogP) is 3.26. The molecule has 1 aromatic carbocycles. The van der Waals surface area contributed by atoms with Gasteiger partial charge in [-0.2, -0.15) is 10.2 Å². The molecule has 136 valence electrons. The van der Waals surface area contributed by atoms with Crippen LogP contribution in [0.5, 0.6) is 5.75 Å². The standard InChI is InChI=1S/C20H18N4O3/c1-13-8-19(20(25)26)21-23(13)12-16-10-17(27-2)9-15-11-18(22-24(15)16)14-6-4-3-5-7-14/h3-11H,12H2,1-2H3,(H,25,26). The van der Waals surface area contributed by atoms with Crippen LogP contribution in [0.25, 0.3) is 16.8 Å². The van der Waals surface area contributed by atoms with Gasteiger partial charge in [-0.3, -0.25) is 4.68 Å². The molecule has 0 aliphatic carbocycles. The zero-order valence-electron chi connectivity index (χ0n) is 15.0. The van der Waals surface area contributed by atoms with E-state index >= 15 is 0 Å². The van der Waals surface area contributed by atoms with Gasteiger partial charge in [0.25, 0.3) is 0 Å². The van der Waals surface area contributed by atoms with E-state index in [1.165, 1.54) is 0 Å². The van der Waals surface area contributed by atoms with E-state index in [1.807, 2.05) is 60.0 Å². The average molecular weight is 362 g/mol. The van der Waals surface area contributed by atoms with Crippen LogP contribution < -0.4 is 4.74 Å². The minimum Gasteiger partial charge on any atom is -0.497 e. The monoisotopic (exact) mass is 362 g/mol. The molecule has 27 heavy (non-hydrogen) atoms. The molecule has 7 nitrogen and oxygen atoms in total. The summed E-state index contributed by atoms with van der Waals surface area (Å²) in [5, 5.41) is 18.1. The Bertz CT molecular complexity index is 1130. The minimum atomic E-state index is -1.04. The van der Waals surface area contributed by atoms with Gasteiger partial charge in [-0.05, 0) is 19.1 Å². The van der Waals surface area contributed by atoms with Crippen molar-refractivity contribution >= 4 is 11.5 Å². The molecule has 0 fully saturated rings. The topological polar surface area (TPSA) is 81.7 Å². The van der Waals surface area contributed by atoms with Crippen LogP contribution in [-0.2, 0) is 6.54 Å². The van der Waals surface area contributed by atoms with E-state index in [9.17, 15) is 4.79 Å². The molecule has 1 N–H and O–H groups in total. The summed E-state index contributed by atoms with van der Waals surface area (Å²) < 4.78 is 8.92. The Balaban J connectivity index is 1.81. The van der Waals surface area contributed by atoms with Crippen LogP contribution in [0.4, 0.5) is 0 Å². The fourth-order valence-corrected chi connectivity index (χ4v) is 3.05. The Morgan fingerprint density at radius 2 is 1.89 bits per heavy atom. The molecule has 0 saturated heterocycles. The van der Waals surface area contributed by atoms with Crippen LogP contribution in [0.3, 0.4) is 0 Å². The quantitative estimate of drug-likeness (QED) is 0.589. The summed E-state index contributed by atoms with van der Waals surface area (Å²) in [6, 6.07) is 17.3. The lowest BCUT2D eigenvalue weighted by Gasteiger charge is -2.09.